The molecule has 0 aromatic heterocycles. The highest BCUT2D eigenvalue weighted by molar-refractivity contribution is 5.82. The van der Waals surface area contributed by atoms with Crippen LogP contribution >= 0.6 is 0 Å². The average molecular weight is 258 g/mol. The normalized spacial score (nSPS) is 23.5. The molecule has 0 aliphatic carbocycles. The standard InChI is InChI=1S/C16H22N2O/c1-2-3-9-14-10-11-17-16(19)15(18-14)12-13-7-5-4-6-8-13/h2,4-8,14-15,18H,1,3,9-12H2,(H,17,19)/t14-,15+/m1/s1. The van der Waals surface area contributed by atoms with Crippen molar-refractivity contribution in [1.82, 2.24) is 10.6 Å². The van der Waals surface area contributed by atoms with Crippen LogP contribution in [-0.4, -0.2) is 24.5 Å². The molecule has 1 saturated heterocycles. The summed E-state index contributed by atoms with van der Waals surface area (Å²) >= 11 is 0. The Hall–Kier alpha value is -1.61. The molecule has 1 aromatic carbocycles. The SMILES string of the molecule is C=CCC[C@@H]1CCNC(=O)[C@H](Cc2ccccc2)N1. The fraction of sp³-hybridized carbons (Fsp3) is 0.438. The van der Waals surface area contributed by atoms with Gasteiger partial charge >= 0.3 is 0 Å². The van der Waals surface area contributed by atoms with Gasteiger partial charge in [0, 0.05) is 12.6 Å². The molecule has 0 bridgehead atoms. The maximum Gasteiger partial charge on any atom is 0.237 e. The molecule has 1 aliphatic heterocycles. The smallest absolute Gasteiger partial charge is 0.237 e. The summed E-state index contributed by atoms with van der Waals surface area (Å²) in [4.78, 5) is 12.0. The molecule has 19 heavy (non-hydrogen) atoms. The molecule has 0 spiro atoms. The van der Waals surface area contributed by atoms with Gasteiger partial charge in [0.15, 0.2) is 0 Å². The molecule has 2 N–H and O–H groups in total. The summed E-state index contributed by atoms with van der Waals surface area (Å²) in [5, 5.41) is 6.48. The Morgan fingerprint density at radius 3 is 2.84 bits per heavy atom. The molecule has 0 saturated carbocycles. The largest absolute Gasteiger partial charge is 0.355 e. The highest BCUT2D eigenvalue weighted by atomic mass is 16.2. The molecule has 3 nitrogen and oxygen atoms in total. The Kier molecular flexibility index (Phi) is 5.16. The number of carbonyl (C=O) groups is 1. The third kappa shape index (κ3) is 4.21. The quantitative estimate of drug-likeness (QED) is 0.794. The van der Waals surface area contributed by atoms with Crippen molar-refractivity contribution in [3.05, 3.63) is 48.6 Å². The minimum atomic E-state index is -0.125. The summed E-state index contributed by atoms with van der Waals surface area (Å²) < 4.78 is 0. The van der Waals surface area contributed by atoms with Crippen LogP contribution in [0.5, 0.6) is 0 Å². The van der Waals surface area contributed by atoms with Crippen LogP contribution in [0.1, 0.15) is 24.8 Å². The predicted octanol–water partition coefficient (Wildman–Crippen LogP) is 2.04. The van der Waals surface area contributed by atoms with Crippen molar-refractivity contribution in [3.63, 3.8) is 0 Å². The fourth-order valence-electron chi connectivity index (χ4n) is 2.48. The van der Waals surface area contributed by atoms with Crippen molar-refractivity contribution in [2.75, 3.05) is 6.54 Å². The first-order chi connectivity index (χ1) is 9.29. The van der Waals surface area contributed by atoms with Crippen molar-refractivity contribution in [2.45, 2.75) is 37.8 Å². The Morgan fingerprint density at radius 1 is 1.32 bits per heavy atom. The summed E-state index contributed by atoms with van der Waals surface area (Å²) in [7, 11) is 0. The molecule has 3 heteroatoms. The first kappa shape index (κ1) is 13.8. The molecule has 1 heterocycles. The Morgan fingerprint density at radius 2 is 2.11 bits per heavy atom. The van der Waals surface area contributed by atoms with E-state index in [4.69, 9.17) is 0 Å². The lowest BCUT2D eigenvalue weighted by Gasteiger charge is -2.20. The number of nitrogens with one attached hydrogen (secondary N) is 2. The zero-order chi connectivity index (χ0) is 13.5. The van der Waals surface area contributed by atoms with Crippen LogP contribution in [0.25, 0.3) is 0 Å². The summed E-state index contributed by atoms with van der Waals surface area (Å²) in [5.41, 5.74) is 1.19. The molecule has 2 atom stereocenters. The number of carbonyl (C=O) groups excluding carboxylic acids is 1. The molecule has 102 valence electrons. The van der Waals surface area contributed by atoms with Crippen LogP contribution in [0.3, 0.4) is 0 Å². The lowest BCUT2D eigenvalue weighted by Crippen LogP contribution is -2.45. The number of benzene rings is 1. The second-order valence-corrected chi connectivity index (χ2v) is 5.05. The summed E-state index contributed by atoms with van der Waals surface area (Å²) in [6.45, 7) is 4.52. The van der Waals surface area contributed by atoms with Crippen LogP contribution in [0, 0.1) is 0 Å². The van der Waals surface area contributed by atoms with E-state index in [9.17, 15) is 4.79 Å². The molecule has 2 rings (SSSR count). The molecular weight excluding hydrogens is 236 g/mol. The third-order valence-electron chi connectivity index (χ3n) is 3.55. The van der Waals surface area contributed by atoms with E-state index in [0.717, 1.165) is 32.2 Å². The average Bonchev–Trinajstić information content (AvgIpc) is 2.60. The van der Waals surface area contributed by atoms with Gasteiger partial charge in [0.05, 0.1) is 6.04 Å². The molecular formula is C16H22N2O. The second kappa shape index (κ2) is 7.10. The van der Waals surface area contributed by atoms with E-state index in [1.54, 1.807) is 0 Å². The Bertz CT molecular complexity index is 416. The van der Waals surface area contributed by atoms with Crippen molar-refractivity contribution in [3.8, 4) is 0 Å². The summed E-state index contributed by atoms with van der Waals surface area (Å²) in [6.07, 6.45) is 5.71. The van der Waals surface area contributed by atoms with Gasteiger partial charge in [0.1, 0.15) is 0 Å². The zero-order valence-corrected chi connectivity index (χ0v) is 11.3. The molecule has 0 radical (unpaired) electrons. The van der Waals surface area contributed by atoms with Crippen LogP contribution in [-0.2, 0) is 11.2 Å². The van der Waals surface area contributed by atoms with Gasteiger partial charge in [0.2, 0.25) is 5.91 Å². The highest BCUT2D eigenvalue weighted by Crippen LogP contribution is 2.10. The van der Waals surface area contributed by atoms with Crippen LogP contribution in [0.2, 0.25) is 0 Å². The topological polar surface area (TPSA) is 41.1 Å². The second-order valence-electron chi connectivity index (χ2n) is 5.05. The molecule has 0 unspecified atom stereocenters. The van der Waals surface area contributed by atoms with Gasteiger partial charge in [-0.3, -0.25) is 4.79 Å². The van der Waals surface area contributed by atoms with E-state index >= 15 is 0 Å². The summed E-state index contributed by atoms with van der Waals surface area (Å²) in [6, 6.07) is 10.4. The van der Waals surface area contributed by atoms with Gasteiger partial charge in [-0.25, -0.2) is 0 Å². The van der Waals surface area contributed by atoms with Crippen molar-refractivity contribution >= 4 is 5.91 Å². The maximum absolute atomic E-state index is 12.0. The molecule has 1 amide bonds. The van der Waals surface area contributed by atoms with E-state index < -0.39 is 0 Å². The molecule has 1 aromatic rings. The van der Waals surface area contributed by atoms with Crippen LogP contribution in [0.15, 0.2) is 43.0 Å². The van der Waals surface area contributed by atoms with E-state index in [1.165, 1.54) is 5.56 Å². The van der Waals surface area contributed by atoms with Gasteiger partial charge in [-0.1, -0.05) is 36.4 Å². The van der Waals surface area contributed by atoms with Crippen LogP contribution < -0.4 is 10.6 Å². The van der Waals surface area contributed by atoms with Gasteiger partial charge in [-0.15, -0.1) is 6.58 Å². The summed E-state index contributed by atoms with van der Waals surface area (Å²) in [5.74, 6) is 0.116. The van der Waals surface area contributed by atoms with E-state index in [-0.39, 0.29) is 11.9 Å². The number of hydrogen-bond acceptors (Lipinski definition) is 2. The first-order valence-electron chi connectivity index (χ1n) is 6.98. The number of hydrogen-bond donors (Lipinski definition) is 2. The minimum Gasteiger partial charge on any atom is -0.355 e. The van der Waals surface area contributed by atoms with Gasteiger partial charge < -0.3 is 10.6 Å². The van der Waals surface area contributed by atoms with Crippen LogP contribution in [0.4, 0.5) is 0 Å². The van der Waals surface area contributed by atoms with Crippen molar-refractivity contribution in [2.24, 2.45) is 0 Å². The van der Waals surface area contributed by atoms with E-state index in [2.05, 4.69) is 29.3 Å². The lowest BCUT2D eigenvalue weighted by atomic mass is 10.0. The predicted molar refractivity (Wildman–Crippen MR) is 77.9 cm³/mol. The van der Waals surface area contributed by atoms with Gasteiger partial charge in [0.25, 0.3) is 0 Å². The maximum atomic E-state index is 12.0. The highest BCUT2D eigenvalue weighted by Gasteiger charge is 2.25. The monoisotopic (exact) mass is 258 g/mol. The molecule has 1 aliphatic rings. The number of rotatable bonds is 5. The first-order valence-corrected chi connectivity index (χ1v) is 6.98. The van der Waals surface area contributed by atoms with Gasteiger partial charge in [-0.05, 0) is 31.2 Å². The number of amides is 1. The van der Waals surface area contributed by atoms with E-state index in [0.29, 0.717) is 6.04 Å². The van der Waals surface area contributed by atoms with E-state index in [1.807, 2.05) is 24.3 Å². The van der Waals surface area contributed by atoms with Gasteiger partial charge in [-0.2, -0.15) is 0 Å². The van der Waals surface area contributed by atoms with Crippen molar-refractivity contribution in [1.29, 1.82) is 0 Å². The Balaban J connectivity index is 1.99. The Labute approximate surface area is 115 Å². The minimum absolute atomic E-state index is 0.116. The zero-order valence-electron chi connectivity index (χ0n) is 11.3. The lowest BCUT2D eigenvalue weighted by molar-refractivity contribution is -0.122. The fourth-order valence-corrected chi connectivity index (χ4v) is 2.48. The third-order valence-corrected chi connectivity index (χ3v) is 3.55. The van der Waals surface area contributed by atoms with Crippen molar-refractivity contribution < 1.29 is 4.79 Å². The molecule has 1 fully saturated rings. The number of allylic oxidation sites excluding steroid dienone is 1.